The Bertz CT molecular complexity index is 975. The van der Waals surface area contributed by atoms with Gasteiger partial charge in [-0.05, 0) is 49.8 Å². The van der Waals surface area contributed by atoms with Gasteiger partial charge in [0.25, 0.3) is 5.69 Å². The summed E-state index contributed by atoms with van der Waals surface area (Å²) >= 11 is 0. The molecule has 4 rings (SSSR count). The van der Waals surface area contributed by atoms with Gasteiger partial charge in [-0.1, -0.05) is 0 Å². The molecule has 1 aromatic carbocycles. The van der Waals surface area contributed by atoms with Gasteiger partial charge < -0.3 is 10.1 Å². The third-order valence-electron chi connectivity index (χ3n) is 5.08. The van der Waals surface area contributed by atoms with Crippen LogP contribution in [0.3, 0.4) is 0 Å². The van der Waals surface area contributed by atoms with Crippen molar-refractivity contribution in [2.45, 2.75) is 13.0 Å². The van der Waals surface area contributed by atoms with Gasteiger partial charge in [-0.25, -0.2) is 4.98 Å². The molecule has 1 fully saturated rings. The number of nitro groups is 1. The number of pyridine rings is 1. The molecule has 1 aliphatic rings. The van der Waals surface area contributed by atoms with Gasteiger partial charge >= 0.3 is 0 Å². The first-order valence-electron chi connectivity index (χ1n) is 9.38. The average molecular weight is 381 g/mol. The van der Waals surface area contributed by atoms with Crippen LogP contribution >= 0.6 is 0 Å². The summed E-state index contributed by atoms with van der Waals surface area (Å²) in [4.78, 5) is 18.1. The maximum absolute atomic E-state index is 11.3. The van der Waals surface area contributed by atoms with Crippen molar-refractivity contribution in [2.75, 3.05) is 33.3 Å². The molecule has 0 aliphatic carbocycles. The normalized spacial score (nSPS) is 15.5. The molecule has 3 aromatic rings. The molecule has 0 saturated carbocycles. The minimum Gasteiger partial charge on any atom is -0.497 e. The Labute approximate surface area is 162 Å². The quantitative estimate of drug-likeness (QED) is 0.540. The summed E-state index contributed by atoms with van der Waals surface area (Å²) in [5.74, 6) is 0.781. The van der Waals surface area contributed by atoms with Crippen LogP contribution in [0.1, 0.15) is 12.1 Å². The molecule has 0 bridgehead atoms. The highest BCUT2D eigenvalue weighted by atomic mass is 16.6. The zero-order valence-electron chi connectivity index (χ0n) is 15.8. The van der Waals surface area contributed by atoms with E-state index in [1.54, 1.807) is 19.4 Å². The topological polar surface area (TPSA) is 84.9 Å². The highest BCUT2D eigenvalue weighted by molar-refractivity contribution is 5.67. The van der Waals surface area contributed by atoms with E-state index in [2.05, 4.69) is 10.2 Å². The van der Waals surface area contributed by atoms with Gasteiger partial charge in [0.15, 0.2) is 0 Å². The first-order valence-corrected chi connectivity index (χ1v) is 9.38. The summed E-state index contributed by atoms with van der Waals surface area (Å²) in [5.41, 5.74) is 3.55. The smallest absolute Gasteiger partial charge is 0.286 e. The Morgan fingerprint density at radius 3 is 2.75 bits per heavy atom. The van der Waals surface area contributed by atoms with Crippen molar-refractivity contribution in [1.29, 1.82) is 0 Å². The van der Waals surface area contributed by atoms with Crippen LogP contribution in [-0.2, 0) is 6.54 Å². The van der Waals surface area contributed by atoms with E-state index >= 15 is 0 Å². The first kappa shape index (κ1) is 18.4. The maximum Gasteiger partial charge on any atom is 0.286 e. The summed E-state index contributed by atoms with van der Waals surface area (Å²) in [6, 6.07) is 11.0. The van der Waals surface area contributed by atoms with Crippen molar-refractivity contribution in [2.24, 2.45) is 0 Å². The minimum atomic E-state index is -0.369. The van der Waals surface area contributed by atoms with Gasteiger partial charge in [0.2, 0.25) is 0 Å². The number of rotatable bonds is 5. The van der Waals surface area contributed by atoms with E-state index in [-0.39, 0.29) is 10.6 Å². The van der Waals surface area contributed by atoms with Crippen LogP contribution in [0.4, 0.5) is 5.69 Å². The van der Waals surface area contributed by atoms with E-state index in [0.717, 1.165) is 55.3 Å². The number of fused-ring (bicyclic) bond motifs is 1. The van der Waals surface area contributed by atoms with E-state index in [4.69, 9.17) is 9.72 Å². The fraction of sp³-hybridized carbons (Fsp3) is 0.350. The summed E-state index contributed by atoms with van der Waals surface area (Å²) in [6.45, 7) is 4.56. The second kappa shape index (κ2) is 7.95. The molecule has 28 heavy (non-hydrogen) atoms. The zero-order chi connectivity index (χ0) is 19.5. The number of hydrogen-bond acceptors (Lipinski definition) is 6. The number of nitrogens with zero attached hydrogens (tertiary/aromatic N) is 4. The van der Waals surface area contributed by atoms with Gasteiger partial charge in [-0.3, -0.25) is 19.4 Å². The van der Waals surface area contributed by atoms with E-state index in [0.29, 0.717) is 12.2 Å². The van der Waals surface area contributed by atoms with Gasteiger partial charge in [-0.15, -0.1) is 0 Å². The van der Waals surface area contributed by atoms with E-state index in [1.807, 2.05) is 28.7 Å². The summed E-state index contributed by atoms with van der Waals surface area (Å²) in [7, 11) is 1.64. The summed E-state index contributed by atoms with van der Waals surface area (Å²) < 4.78 is 7.11. The van der Waals surface area contributed by atoms with Gasteiger partial charge in [0.1, 0.15) is 11.4 Å². The molecule has 8 nitrogen and oxygen atoms in total. The van der Waals surface area contributed by atoms with Crippen LogP contribution in [0.2, 0.25) is 0 Å². The number of hydrogen-bond donors (Lipinski definition) is 1. The Morgan fingerprint density at radius 2 is 2.00 bits per heavy atom. The molecular formula is C20H23N5O3. The molecule has 0 atom stereocenters. The zero-order valence-corrected chi connectivity index (χ0v) is 15.8. The lowest BCUT2D eigenvalue weighted by Gasteiger charge is -2.20. The molecule has 1 saturated heterocycles. The SMILES string of the molecule is COc1ccc(-c2nc3ccc([N+](=O)[O-])cn3c2CN2CCCNCC2)cc1. The summed E-state index contributed by atoms with van der Waals surface area (Å²) in [6.07, 6.45) is 2.65. The summed E-state index contributed by atoms with van der Waals surface area (Å²) in [5, 5.41) is 14.7. The van der Waals surface area contributed by atoms with Crippen molar-refractivity contribution in [1.82, 2.24) is 19.6 Å². The largest absolute Gasteiger partial charge is 0.497 e. The maximum atomic E-state index is 11.3. The third kappa shape index (κ3) is 3.69. The van der Waals surface area contributed by atoms with E-state index < -0.39 is 0 Å². The lowest BCUT2D eigenvalue weighted by Crippen LogP contribution is -2.28. The fourth-order valence-electron chi connectivity index (χ4n) is 3.59. The molecule has 0 unspecified atom stereocenters. The predicted octanol–water partition coefficient (Wildman–Crippen LogP) is 2.71. The lowest BCUT2D eigenvalue weighted by molar-refractivity contribution is -0.385. The number of imidazole rings is 1. The molecule has 1 aliphatic heterocycles. The van der Waals surface area contributed by atoms with Gasteiger partial charge in [0.05, 0.1) is 29.6 Å². The standard InChI is InChI=1S/C20H23N5O3/c1-28-17-6-3-15(4-7-17)20-18(14-23-11-2-9-21-10-12-23)24-13-16(25(26)27)5-8-19(24)22-20/h3-8,13,21H,2,9-12,14H2,1H3. The highest BCUT2D eigenvalue weighted by Crippen LogP contribution is 2.28. The molecule has 1 N–H and O–H groups in total. The van der Waals surface area contributed by atoms with Crippen molar-refractivity contribution >= 4 is 11.3 Å². The number of benzene rings is 1. The second-order valence-electron chi connectivity index (χ2n) is 6.89. The molecule has 2 aromatic heterocycles. The van der Waals surface area contributed by atoms with Crippen molar-refractivity contribution in [3.05, 3.63) is 58.4 Å². The molecule has 3 heterocycles. The number of aromatic nitrogens is 2. The first-order chi connectivity index (χ1) is 13.7. The monoisotopic (exact) mass is 381 g/mol. The van der Waals surface area contributed by atoms with Crippen molar-refractivity contribution < 1.29 is 9.66 Å². The average Bonchev–Trinajstić information content (AvgIpc) is 2.88. The Kier molecular flexibility index (Phi) is 5.23. The van der Waals surface area contributed by atoms with Crippen LogP contribution in [0.25, 0.3) is 16.9 Å². The van der Waals surface area contributed by atoms with Crippen molar-refractivity contribution in [3.63, 3.8) is 0 Å². The van der Waals surface area contributed by atoms with E-state index in [1.165, 1.54) is 6.07 Å². The minimum absolute atomic E-state index is 0.0602. The molecule has 0 spiro atoms. The predicted molar refractivity (Wildman–Crippen MR) is 107 cm³/mol. The van der Waals surface area contributed by atoms with Gasteiger partial charge in [-0.2, -0.15) is 0 Å². The Balaban J connectivity index is 1.80. The third-order valence-corrected chi connectivity index (χ3v) is 5.08. The fourth-order valence-corrected chi connectivity index (χ4v) is 3.59. The number of methoxy groups -OCH3 is 1. The van der Waals surface area contributed by atoms with Crippen LogP contribution in [0.5, 0.6) is 5.75 Å². The second-order valence-corrected chi connectivity index (χ2v) is 6.89. The molecule has 0 radical (unpaired) electrons. The van der Waals surface area contributed by atoms with E-state index in [9.17, 15) is 10.1 Å². The molecular weight excluding hydrogens is 358 g/mol. The molecule has 0 amide bonds. The van der Waals surface area contributed by atoms with Crippen molar-refractivity contribution in [3.8, 4) is 17.0 Å². The number of nitrogens with one attached hydrogen (secondary N) is 1. The Hall–Kier alpha value is -2.97. The van der Waals surface area contributed by atoms with Crippen LogP contribution in [-0.4, -0.2) is 52.5 Å². The van der Waals surface area contributed by atoms with Crippen LogP contribution in [0, 0.1) is 10.1 Å². The van der Waals surface area contributed by atoms with Crippen LogP contribution < -0.4 is 10.1 Å². The van der Waals surface area contributed by atoms with Gasteiger partial charge in [0, 0.05) is 31.3 Å². The number of ether oxygens (including phenoxy) is 1. The highest BCUT2D eigenvalue weighted by Gasteiger charge is 2.20. The Morgan fingerprint density at radius 1 is 1.18 bits per heavy atom. The molecule has 146 valence electrons. The van der Waals surface area contributed by atoms with Crippen LogP contribution in [0.15, 0.2) is 42.6 Å². The molecule has 8 heteroatoms. The lowest BCUT2D eigenvalue weighted by atomic mass is 10.1.